The number of benzene rings is 1. The minimum Gasteiger partial charge on any atom is -0.480 e. The van der Waals surface area contributed by atoms with Gasteiger partial charge in [-0.3, -0.25) is 4.99 Å². The molecule has 1 unspecified atom stereocenters. The van der Waals surface area contributed by atoms with Gasteiger partial charge in [-0.05, 0) is 44.1 Å². The second-order valence-corrected chi connectivity index (χ2v) is 8.26. The van der Waals surface area contributed by atoms with Gasteiger partial charge in [-0.1, -0.05) is 35.5 Å². The van der Waals surface area contributed by atoms with E-state index < -0.39 is 30.1 Å². The summed E-state index contributed by atoms with van der Waals surface area (Å²) in [5.74, 6) is -0.499. The van der Waals surface area contributed by atoms with Crippen molar-refractivity contribution in [3.05, 3.63) is 47.6 Å². The van der Waals surface area contributed by atoms with E-state index in [9.17, 15) is 14.7 Å². The summed E-state index contributed by atoms with van der Waals surface area (Å²) < 4.78 is 5.44. The van der Waals surface area contributed by atoms with Crippen LogP contribution >= 0.6 is 0 Å². The molecule has 0 radical (unpaired) electrons. The number of hydrogen-bond donors (Lipinski definition) is 5. The highest BCUT2D eigenvalue weighted by atomic mass is 16.5. The Bertz CT molecular complexity index is 976. The van der Waals surface area contributed by atoms with Gasteiger partial charge in [0.25, 0.3) is 0 Å². The van der Waals surface area contributed by atoms with Crippen molar-refractivity contribution in [1.29, 1.82) is 0 Å². The molecule has 2 amide bonds. The lowest BCUT2D eigenvalue weighted by Gasteiger charge is -2.24. The summed E-state index contributed by atoms with van der Waals surface area (Å²) in [5.41, 5.74) is 18.2. The van der Waals surface area contributed by atoms with Crippen molar-refractivity contribution in [2.75, 3.05) is 13.1 Å². The van der Waals surface area contributed by atoms with Crippen LogP contribution in [0.1, 0.15) is 61.5 Å². The zero-order valence-electron chi connectivity index (χ0n) is 19.0. The number of guanidine groups is 1. The van der Waals surface area contributed by atoms with Gasteiger partial charge in [0.15, 0.2) is 11.8 Å². The fourth-order valence-corrected chi connectivity index (χ4v) is 3.89. The predicted octanol–water partition coefficient (Wildman–Crippen LogP) is 1.06. The van der Waals surface area contributed by atoms with Crippen molar-refractivity contribution in [2.45, 2.75) is 56.7 Å². The first-order valence-electron chi connectivity index (χ1n) is 11.3. The number of carbonyl (C=O) groups excluding carboxylic acids is 1. The molecule has 1 fully saturated rings. The Hall–Kier alpha value is -3.67. The van der Waals surface area contributed by atoms with Crippen LogP contribution in [0.25, 0.3) is 0 Å². The highest BCUT2D eigenvalue weighted by Crippen LogP contribution is 2.23. The molecule has 0 saturated carbocycles. The largest absolute Gasteiger partial charge is 0.480 e. The lowest BCUT2D eigenvalue weighted by molar-refractivity contribution is -0.141. The number of hydrogen-bond acceptors (Lipinski definition) is 7. The Morgan fingerprint density at radius 2 is 2.03 bits per heavy atom. The summed E-state index contributed by atoms with van der Waals surface area (Å²) in [7, 11) is 0. The maximum Gasteiger partial charge on any atom is 0.326 e. The molecular weight excluding hydrogens is 440 g/mol. The molecule has 8 N–H and O–H groups in total. The number of carboxylic acids is 1. The SMILES string of the molecule is NC(N)=NCCC[C@H](NC(=O)N1CCCC1C(=O)O)c1nc([C@@H](N)CCc2ccccc2)no1. The molecule has 12 nitrogen and oxygen atoms in total. The second-order valence-electron chi connectivity index (χ2n) is 8.26. The number of nitrogens with zero attached hydrogens (tertiary/aromatic N) is 4. The molecule has 2 heterocycles. The molecule has 1 aromatic heterocycles. The van der Waals surface area contributed by atoms with Crippen molar-refractivity contribution in [3.8, 4) is 0 Å². The van der Waals surface area contributed by atoms with E-state index in [4.69, 9.17) is 21.7 Å². The molecule has 0 bridgehead atoms. The number of aliphatic carboxylic acids is 1. The third kappa shape index (κ3) is 6.91. The van der Waals surface area contributed by atoms with E-state index in [1.54, 1.807) is 0 Å². The number of amides is 2. The van der Waals surface area contributed by atoms with E-state index >= 15 is 0 Å². The molecule has 1 aromatic carbocycles. The number of nitrogens with two attached hydrogens (primary N) is 3. The number of urea groups is 1. The van der Waals surface area contributed by atoms with Gasteiger partial charge in [-0.2, -0.15) is 4.98 Å². The van der Waals surface area contributed by atoms with Crippen molar-refractivity contribution in [3.63, 3.8) is 0 Å². The van der Waals surface area contributed by atoms with Gasteiger partial charge in [-0.15, -0.1) is 0 Å². The first-order valence-corrected chi connectivity index (χ1v) is 11.3. The minimum atomic E-state index is -1.03. The fraction of sp³-hybridized carbons (Fsp3) is 0.500. The zero-order valence-corrected chi connectivity index (χ0v) is 19.0. The average molecular weight is 473 g/mol. The first kappa shape index (κ1) is 25.0. The standard InChI is InChI=1S/C22H32N8O4/c23-15(11-10-14-6-2-1-3-7-14)18-28-19(34-29-18)16(8-4-12-26-21(24)25)27-22(33)30-13-5-9-17(30)20(31)32/h1-3,6-7,15-17H,4-5,8-13,23H2,(H,27,33)(H,31,32)(H4,24,25,26)/t15-,16-,17?/m0/s1. The quantitative estimate of drug-likeness (QED) is 0.180. The number of aromatic nitrogens is 2. The molecule has 184 valence electrons. The lowest BCUT2D eigenvalue weighted by Crippen LogP contribution is -2.47. The molecule has 1 saturated heterocycles. The highest BCUT2D eigenvalue weighted by Gasteiger charge is 2.35. The zero-order chi connectivity index (χ0) is 24.5. The van der Waals surface area contributed by atoms with Gasteiger partial charge in [0.05, 0.1) is 6.04 Å². The van der Waals surface area contributed by atoms with E-state index in [-0.39, 0.29) is 11.9 Å². The van der Waals surface area contributed by atoms with Crippen LogP contribution in [-0.2, 0) is 11.2 Å². The van der Waals surface area contributed by atoms with E-state index in [0.29, 0.717) is 51.0 Å². The summed E-state index contributed by atoms with van der Waals surface area (Å²) in [6, 6.07) is 7.52. The van der Waals surface area contributed by atoms with Crippen LogP contribution in [0.3, 0.4) is 0 Å². The lowest BCUT2D eigenvalue weighted by atomic mass is 10.1. The first-order chi connectivity index (χ1) is 16.3. The Morgan fingerprint density at radius 1 is 1.26 bits per heavy atom. The van der Waals surface area contributed by atoms with Gasteiger partial charge in [-0.25, -0.2) is 9.59 Å². The van der Waals surface area contributed by atoms with Crippen molar-refractivity contribution in [2.24, 2.45) is 22.2 Å². The molecule has 2 aromatic rings. The van der Waals surface area contributed by atoms with Gasteiger partial charge in [0.2, 0.25) is 5.89 Å². The van der Waals surface area contributed by atoms with Gasteiger partial charge >= 0.3 is 12.0 Å². The van der Waals surface area contributed by atoms with Crippen LogP contribution in [0, 0.1) is 0 Å². The Morgan fingerprint density at radius 3 is 2.74 bits per heavy atom. The Kier molecular flexibility index (Phi) is 8.79. The Balaban J connectivity index is 1.67. The topological polar surface area (TPSA) is 199 Å². The van der Waals surface area contributed by atoms with E-state index in [2.05, 4.69) is 20.4 Å². The molecule has 1 aliphatic heterocycles. The van der Waals surface area contributed by atoms with Crippen LogP contribution in [0.15, 0.2) is 39.8 Å². The molecular formula is C22H32N8O4. The van der Waals surface area contributed by atoms with Gasteiger partial charge < -0.3 is 37.0 Å². The van der Waals surface area contributed by atoms with Crippen LogP contribution in [0.4, 0.5) is 4.79 Å². The van der Waals surface area contributed by atoms with Crippen LogP contribution in [0.2, 0.25) is 0 Å². The van der Waals surface area contributed by atoms with E-state index in [0.717, 1.165) is 12.0 Å². The molecule has 1 aliphatic rings. The van der Waals surface area contributed by atoms with Crippen LogP contribution < -0.4 is 22.5 Å². The molecule has 34 heavy (non-hydrogen) atoms. The molecule has 3 rings (SSSR count). The molecule has 12 heteroatoms. The Labute approximate surface area is 197 Å². The number of rotatable bonds is 11. The smallest absolute Gasteiger partial charge is 0.326 e. The van der Waals surface area contributed by atoms with E-state index in [1.807, 2.05) is 30.3 Å². The molecule has 0 aliphatic carbocycles. The predicted molar refractivity (Wildman–Crippen MR) is 125 cm³/mol. The second kappa shape index (κ2) is 12.0. The number of aliphatic imine (C=N–C) groups is 1. The average Bonchev–Trinajstić information content (AvgIpc) is 3.50. The van der Waals surface area contributed by atoms with Gasteiger partial charge in [0.1, 0.15) is 12.1 Å². The van der Waals surface area contributed by atoms with Crippen molar-refractivity contribution < 1.29 is 19.2 Å². The van der Waals surface area contributed by atoms with Crippen molar-refractivity contribution in [1.82, 2.24) is 20.4 Å². The summed E-state index contributed by atoms with van der Waals surface area (Å²) in [6.07, 6.45) is 3.37. The summed E-state index contributed by atoms with van der Waals surface area (Å²) in [6.45, 7) is 0.719. The maximum absolute atomic E-state index is 12.9. The minimum absolute atomic E-state index is 0.0218. The highest BCUT2D eigenvalue weighted by molar-refractivity contribution is 5.83. The normalized spacial score (nSPS) is 17.2. The fourth-order valence-electron chi connectivity index (χ4n) is 3.89. The number of carbonyl (C=O) groups is 2. The van der Waals surface area contributed by atoms with Crippen LogP contribution in [-0.4, -0.2) is 57.2 Å². The van der Waals surface area contributed by atoms with E-state index in [1.165, 1.54) is 4.90 Å². The third-order valence-electron chi connectivity index (χ3n) is 5.72. The number of carboxylic acid groups (broad SMARTS) is 1. The summed E-state index contributed by atoms with van der Waals surface area (Å²) in [5, 5.41) is 16.2. The summed E-state index contributed by atoms with van der Waals surface area (Å²) in [4.78, 5) is 34.0. The summed E-state index contributed by atoms with van der Waals surface area (Å²) >= 11 is 0. The van der Waals surface area contributed by atoms with Crippen molar-refractivity contribution >= 4 is 18.0 Å². The molecule has 3 atom stereocenters. The number of nitrogens with one attached hydrogen (secondary N) is 1. The monoisotopic (exact) mass is 472 g/mol. The van der Waals surface area contributed by atoms with Gasteiger partial charge in [0, 0.05) is 13.1 Å². The maximum atomic E-state index is 12.9. The van der Waals surface area contributed by atoms with Crippen LogP contribution in [0.5, 0.6) is 0 Å². The third-order valence-corrected chi connectivity index (χ3v) is 5.72. The number of aryl methyl sites for hydroxylation is 1. The molecule has 0 spiro atoms. The number of likely N-dealkylation sites (tertiary alicyclic amines) is 1.